The molecule has 0 bridgehead atoms. The summed E-state index contributed by atoms with van der Waals surface area (Å²) in [7, 11) is 2.50. The minimum absolute atomic E-state index is 0.900. The summed E-state index contributed by atoms with van der Waals surface area (Å²) < 4.78 is 24.8. The van der Waals surface area contributed by atoms with Crippen molar-refractivity contribution in [1.29, 1.82) is 0 Å². The Kier molecular flexibility index (Phi) is 14.8. The van der Waals surface area contributed by atoms with Gasteiger partial charge in [-0.05, 0) is 209 Å². The normalized spacial score (nSPS) is 11.6. The molecule has 20 rings (SSSR count). The second kappa shape index (κ2) is 25.3. The van der Waals surface area contributed by atoms with Gasteiger partial charge in [0.15, 0.2) is 0 Å². The van der Waals surface area contributed by atoms with E-state index in [9.17, 15) is 0 Å². The molecular formula is C98H68O2. The van der Waals surface area contributed by atoms with Crippen LogP contribution in [-0.2, 0) is 0 Å². The van der Waals surface area contributed by atoms with Gasteiger partial charge in [-0.2, -0.15) is 0 Å². The predicted octanol–water partition coefficient (Wildman–Crippen LogP) is 28.7. The highest BCUT2D eigenvalue weighted by atomic mass is 16.3. The molecule has 0 aliphatic rings. The Bertz CT molecular complexity index is 6420. The van der Waals surface area contributed by atoms with E-state index in [0.717, 1.165) is 71.7 Å². The topological polar surface area (TPSA) is 26.3 Å². The number of fused-ring (bicyclic) bond motifs is 12. The van der Waals surface area contributed by atoms with Crippen molar-refractivity contribution >= 4 is 109 Å². The second-order valence-electron chi connectivity index (χ2n) is 25.7. The van der Waals surface area contributed by atoms with E-state index in [1.54, 1.807) is 0 Å². The van der Waals surface area contributed by atoms with Crippen LogP contribution in [0.1, 0.15) is 17.5 Å². The zero-order valence-electron chi connectivity index (χ0n) is 57.5. The van der Waals surface area contributed by atoms with E-state index in [4.69, 9.17) is 11.6 Å². The molecule has 18 aromatic carbocycles. The van der Waals surface area contributed by atoms with Gasteiger partial charge in [0, 0.05) is 29.8 Å². The van der Waals surface area contributed by atoms with Crippen molar-refractivity contribution in [2.24, 2.45) is 0 Å². The van der Waals surface area contributed by atoms with Crippen LogP contribution in [0.25, 0.3) is 198 Å². The zero-order chi connectivity index (χ0) is 68.6. The molecule has 0 N–H and O–H groups in total. The molecule has 0 aliphatic heterocycles. The molecule has 2 heterocycles. The Morgan fingerprint density at radius 2 is 0.440 bits per heavy atom. The summed E-state index contributed by atoms with van der Waals surface area (Å²) in [5.74, 6) is 0. The first-order valence-electron chi connectivity index (χ1n) is 35.7. The first-order valence-corrected chi connectivity index (χ1v) is 33.7. The number of rotatable bonds is 8. The first-order chi connectivity index (χ1) is 50.6. The van der Waals surface area contributed by atoms with Gasteiger partial charge in [-0.3, -0.25) is 0 Å². The molecule has 0 saturated carbocycles. The minimum atomic E-state index is 0.900. The molecule has 0 unspecified atom stereocenters. The van der Waals surface area contributed by atoms with Crippen LogP contribution in [0.4, 0.5) is 0 Å². The van der Waals surface area contributed by atoms with Gasteiger partial charge in [-0.25, -0.2) is 0 Å². The van der Waals surface area contributed by atoms with Crippen LogP contribution in [0.15, 0.2) is 373 Å². The van der Waals surface area contributed by atoms with Crippen molar-refractivity contribution in [3.8, 4) is 89.0 Å². The average Bonchev–Trinajstić information content (AvgIpc) is 0.940. The van der Waals surface area contributed by atoms with Gasteiger partial charge >= 0.3 is 0 Å². The SMILES string of the molecule is [2H]C.[2H]C.c1ccc(-c2ccc3cc(-c4c5ccccc5c(-c5ccc6c(c5)oc5cc(-c7ccccc7)ccc56)c5ccccc45)ccc3c2)cc1.c1ccc(-c2ccc3ccc(-c4c5ccccc5c(-c5ccc6c(c5)oc5c(-c7ccccc7)cccc56)c5ccccc45)cc3c2)cc1. The first kappa shape index (κ1) is 58.5. The van der Waals surface area contributed by atoms with E-state index < -0.39 is 0 Å². The monoisotopic (exact) mass is 1280 g/mol. The van der Waals surface area contributed by atoms with Crippen LogP contribution in [0.2, 0.25) is 0 Å². The molecule has 20 aromatic rings. The second-order valence-corrected chi connectivity index (χ2v) is 25.7. The van der Waals surface area contributed by atoms with Crippen LogP contribution in [-0.4, -0.2) is 0 Å². The van der Waals surface area contributed by atoms with Crippen LogP contribution in [0, 0.1) is 0 Å². The van der Waals surface area contributed by atoms with Gasteiger partial charge in [0.1, 0.15) is 22.3 Å². The van der Waals surface area contributed by atoms with E-state index >= 15 is 0 Å². The smallest absolute Gasteiger partial charge is 0.143 e. The maximum Gasteiger partial charge on any atom is 0.143 e. The molecule has 0 spiro atoms. The van der Waals surface area contributed by atoms with Gasteiger partial charge in [-0.1, -0.05) is 318 Å². The summed E-state index contributed by atoms with van der Waals surface area (Å²) in [5.41, 5.74) is 22.9. The highest BCUT2D eigenvalue weighted by molar-refractivity contribution is 6.24. The fourth-order valence-electron chi connectivity index (χ4n) is 15.5. The number of benzene rings is 18. The lowest BCUT2D eigenvalue weighted by atomic mass is 9.85. The molecule has 0 fully saturated rings. The molecule has 100 heavy (non-hydrogen) atoms. The predicted molar refractivity (Wildman–Crippen MR) is 429 cm³/mol. The number of furan rings is 2. The van der Waals surface area contributed by atoms with Crippen molar-refractivity contribution in [2.45, 2.75) is 14.8 Å². The Hall–Kier alpha value is -12.9. The highest BCUT2D eigenvalue weighted by Crippen LogP contribution is 2.49. The summed E-state index contributed by atoms with van der Waals surface area (Å²) in [4.78, 5) is 0. The molecule has 2 aromatic heterocycles. The molecule has 0 radical (unpaired) electrons. The molecule has 0 saturated heterocycles. The Morgan fingerprint density at radius 3 is 0.860 bits per heavy atom. The lowest BCUT2D eigenvalue weighted by Crippen LogP contribution is -1.91. The molecule has 0 amide bonds. The lowest BCUT2D eigenvalue weighted by molar-refractivity contribution is 0.669. The molecule has 0 aliphatic carbocycles. The van der Waals surface area contributed by atoms with Crippen molar-refractivity contribution < 1.29 is 11.6 Å². The maximum atomic E-state index is 6.70. The van der Waals surface area contributed by atoms with E-state index in [0.29, 0.717) is 0 Å². The Morgan fingerprint density at radius 1 is 0.170 bits per heavy atom. The summed E-state index contributed by atoms with van der Waals surface area (Å²) in [6, 6.07) is 131. The van der Waals surface area contributed by atoms with E-state index in [1.807, 2.05) is 6.07 Å². The summed E-state index contributed by atoms with van der Waals surface area (Å²) in [5, 5.41) is 19.4. The number of para-hydroxylation sites is 1. The quantitative estimate of drug-likeness (QED) is 0.142. The van der Waals surface area contributed by atoms with E-state index in [1.165, 1.54) is 141 Å². The van der Waals surface area contributed by atoms with Crippen LogP contribution < -0.4 is 0 Å². The third kappa shape index (κ3) is 10.4. The van der Waals surface area contributed by atoms with E-state index in [-0.39, 0.29) is 0 Å². The van der Waals surface area contributed by atoms with Crippen molar-refractivity contribution in [3.63, 3.8) is 0 Å². The maximum absolute atomic E-state index is 6.70. The molecule has 472 valence electrons. The van der Waals surface area contributed by atoms with Crippen molar-refractivity contribution in [1.82, 2.24) is 0 Å². The third-order valence-corrected chi connectivity index (χ3v) is 20.1. The highest BCUT2D eigenvalue weighted by Gasteiger charge is 2.22. The fourth-order valence-corrected chi connectivity index (χ4v) is 15.5. The van der Waals surface area contributed by atoms with E-state index in [2.05, 4.69) is 358 Å². The van der Waals surface area contributed by atoms with Crippen LogP contribution >= 0.6 is 0 Å². The van der Waals surface area contributed by atoms with Gasteiger partial charge in [0.2, 0.25) is 0 Å². The van der Waals surface area contributed by atoms with Gasteiger partial charge in [-0.15, -0.1) is 0 Å². The lowest BCUT2D eigenvalue weighted by Gasteiger charge is -2.18. The number of hydrogen-bond acceptors (Lipinski definition) is 2. The van der Waals surface area contributed by atoms with Gasteiger partial charge < -0.3 is 8.83 Å². The molecule has 2 nitrogen and oxygen atoms in total. The molecule has 0 atom stereocenters. The summed E-state index contributed by atoms with van der Waals surface area (Å²) in [6.45, 7) is 0. The van der Waals surface area contributed by atoms with Crippen LogP contribution in [0.5, 0.6) is 0 Å². The third-order valence-electron chi connectivity index (χ3n) is 20.1. The number of hydrogen-bond donors (Lipinski definition) is 0. The van der Waals surface area contributed by atoms with Crippen molar-refractivity contribution in [2.75, 3.05) is 0 Å². The summed E-state index contributed by atoms with van der Waals surface area (Å²) in [6.07, 6.45) is 0. The average molecular weight is 1280 g/mol. The fraction of sp³-hybridized carbons (Fsp3) is 0.0204. The molecule has 2 heteroatoms. The Labute approximate surface area is 584 Å². The van der Waals surface area contributed by atoms with Gasteiger partial charge in [0.05, 0.1) is 0 Å². The zero-order valence-corrected chi connectivity index (χ0v) is 55.5. The summed E-state index contributed by atoms with van der Waals surface area (Å²) >= 11 is 0. The Balaban J connectivity index is 0.000000145. The van der Waals surface area contributed by atoms with Crippen molar-refractivity contribution in [3.05, 3.63) is 364 Å². The van der Waals surface area contributed by atoms with Crippen LogP contribution in [0.3, 0.4) is 0 Å². The van der Waals surface area contributed by atoms with Gasteiger partial charge in [0.25, 0.3) is 0 Å². The standard InChI is InChI=1S/2C48H30O.2CH4/c1-3-12-31(13-4-1)34-24-22-32-23-25-35(29-37(32)28-34)46-40-16-7-9-18-42(40)47(43-19-10-8-17-41(43)46)36-26-27-39-44-21-11-20-38(33-14-5-2-6-15-33)48(44)49-45(39)30-36;1-3-11-31(12-4-1)33-19-20-35-28-37(22-21-34(35)27-33)47-41-15-7-9-17-43(41)48(44-18-10-8-16-42(44)47)38-24-26-40-39-25-23-36(32-13-5-2-6-14-32)29-45(39)49-46(40)30-38;;/h2*1-30H;2*1H4/i;;2*1D. The molecular weight excluding hydrogens is 1210 g/mol. The minimum Gasteiger partial charge on any atom is -0.456 e. The largest absolute Gasteiger partial charge is 0.456 e.